The van der Waals surface area contributed by atoms with E-state index in [4.69, 9.17) is 9.40 Å². The number of halogens is 1. The number of hydrogen-bond acceptors (Lipinski definition) is 2. The first-order valence-electron chi connectivity index (χ1n) is 7.85. The van der Waals surface area contributed by atoms with E-state index in [1.807, 2.05) is 25.1 Å². The normalized spacial score (nSPS) is 11.1. The Hall–Kier alpha value is -2.39. The number of oxazole rings is 1. The lowest BCUT2D eigenvalue weighted by Crippen LogP contribution is -1.88. The van der Waals surface area contributed by atoms with Crippen LogP contribution >= 0.6 is 15.9 Å². The van der Waals surface area contributed by atoms with Crippen LogP contribution in [-0.4, -0.2) is 4.98 Å². The molecule has 0 radical (unpaired) electrons. The third-order valence-corrected chi connectivity index (χ3v) is 4.75. The highest BCUT2D eigenvalue weighted by Gasteiger charge is 2.15. The van der Waals surface area contributed by atoms with E-state index in [-0.39, 0.29) is 0 Å². The molecule has 0 N–H and O–H groups in total. The lowest BCUT2D eigenvalue weighted by molar-refractivity contribution is 0.617. The fourth-order valence-electron chi connectivity index (χ4n) is 3.07. The Bertz CT molecular complexity index is 1030. The molecule has 3 heteroatoms. The average Bonchev–Trinajstić information content (AvgIpc) is 3.00. The molecule has 0 spiro atoms. The minimum Gasteiger partial charge on any atom is -0.436 e. The van der Waals surface area contributed by atoms with Crippen molar-refractivity contribution >= 4 is 27.0 Å². The standard InChI is InChI=1S/C21H16BrNO/c1-13-11-16(22)12-19-20(13)24-21(23-19)18-10-6-9-17(14(18)2)15-7-4-3-5-8-15/h3-12H,1-2H3. The second kappa shape index (κ2) is 5.91. The monoisotopic (exact) mass is 377 g/mol. The first-order chi connectivity index (χ1) is 11.6. The van der Waals surface area contributed by atoms with E-state index < -0.39 is 0 Å². The highest BCUT2D eigenvalue weighted by Crippen LogP contribution is 2.34. The highest BCUT2D eigenvalue weighted by molar-refractivity contribution is 9.10. The van der Waals surface area contributed by atoms with E-state index in [0.29, 0.717) is 5.89 Å². The maximum atomic E-state index is 6.08. The molecular formula is C21H16BrNO. The second-order valence-electron chi connectivity index (χ2n) is 5.93. The molecule has 0 amide bonds. The number of benzene rings is 3. The van der Waals surface area contributed by atoms with E-state index in [1.165, 1.54) is 16.7 Å². The van der Waals surface area contributed by atoms with Crippen LogP contribution in [0, 0.1) is 13.8 Å². The van der Waals surface area contributed by atoms with Crippen LogP contribution in [0.5, 0.6) is 0 Å². The van der Waals surface area contributed by atoms with Gasteiger partial charge in [-0.25, -0.2) is 4.98 Å². The van der Waals surface area contributed by atoms with Gasteiger partial charge in [-0.1, -0.05) is 58.4 Å². The summed E-state index contributed by atoms with van der Waals surface area (Å²) in [6, 6.07) is 20.7. The summed E-state index contributed by atoms with van der Waals surface area (Å²) in [5.74, 6) is 0.668. The van der Waals surface area contributed by atoms with Gasteiger partial charge in [0.2, 0.25) is 5.89 Å². The lowest BCUT2D eigenvalue weighted by Gasteiger charge is -2.09. The molecule has 3 aromatic carbocycles. The molecule has 118 valence electrons. The van der Waals surface area contributed by atoms with Crippen LogP contribution in [0.25, 0.3) is 33.7 Å². The molecule has 1 heterocycles. The summed E-state index contributed by atoms with van der Waals surface area (Å²) >= 11 is 3.52. The Morgan fingerprint density at radius 2 is 1.62 bits per heavy atom. The first kappa shape index (κ1) is 15.2. The number of fused-ring (bicyclic) bond motifs is 1. The average molecular weight is 378 g/mol. The maximum Gasteiger partial charge on any atom is 0.227 e. The van der Waals surface area contributed by atoms with Crippen molar-refractivity contribution < 1.29 is 4.42 Å². The molecule has 4 aromatic rings. The Balaban J connectivity index is 1.90. The molecule has 0 atom stereocenters. The van der Waals surface area contributed by atoms with Crippen molar-refractivity contribution in [2.24, 2.45) is 0 Å². The molecule has 0 saturated carbocycles. The third kappa shape index (κ3) is 2.55. The number of nitrogens with zero attached hydrogens (tertiary/aromatic N) is 1. The van der Waals surface area contributed by atoms with Crippen LogP contribution in [0.1, 0.15) is 11.1 Å². The van der Waals surface area contributed by atoms with Crippen molar-refractivity contribution in [2.75, 3.05) is 0 Å². The van der Waals surface area contributed by atoms with Crippen molar-refractivity contribution in [3.63, 3.8) is 0 Å². The maximum absolute atomic E-state index is 6.08. The van der Waals surface area contributed by atoms with Crippen LogP contribution < -0.4 is 0 Å². The van der Waals surface area contributed by atoms with Crippen LogP contribution in [0.4, 0.5) is 0 Å². The minimum absolute atomic E-state index is 0.668. The zero-order chi connectivity index (χ0) is 16.7. The second-order valence-corrected chi connectivity index (χ2v) is 6.85. The van der Waals surface area contributed by atoms with Crippen LogP contribution in [-0.2, 0) is 0 Å². The van der Waals surface area contributed by atoms with Crippen molar-refractivity contribution in [3.05, 3.63) is 76.3 Å². The van der Waals surface area contributed by atoms with Gasteiger partial charge in [0.05, 0.1) is 0 Å². The molecule has 0 saturated heterocycles. The largest absolute Gasteiger partial charge is 0.436 e. The fourth-order valence-corrected chi connectivity index (χ4v) is 3.63. The Morgan fingerprint density at radius 3 is 2.42 bits per heavy atom. The third-order valence-electron chi connectivity index (χ3n) is 4.29. The van der Waals surface area contributed by atoms with Gasteiger partial charge < -0.3 is 4.42 Å². The summed E-state index contributed by atoms with van der Waals surface area (Å²) in [5.41, 5.74) is 7.41. The van der Waals surface area contributed by atoms with Crippen molar-refractivity contribution in [1.29, 1.82) is 0 Å². The quantitative estimate of drug-likeness (QED) is 0.396. The minimum atomic E-state index is 0.668. The van der Waals surface area contributed by atoms with Gasteiger partial charge in [0, 0.05) is 10.0 Å². The van der Waals surface area contributed by atoms with Crippen molar-refractivity contribution in [1.82, 2.24) is 4.98 Å². The van der Waals surface area contributed by atoms with E-state index in [9.17, 15) is 0 Å². The number of hydrogen-bond donors (Lipinski definition) is 0. The van der Waals surface area contributed by atoms with Crippen LogP contribution in [0.3, 0.4) is 0 Å². The van der Waals surface area contributed by atoms with Gasteiger partial charge in [-0.2, -0.15) is 0 Å². The Morgan fingerprint density at radius 1 is 0.875 bits per heavy atom. The van der Waals surface area contributed by atoms with Gasteiger partial charge in [-0.05, 0) is 54.3 Å². The van der Waals surface area contributed by atoms with E-state index >= 15 is 0 Å². The summed E-state index contributed by atoms with van der Waals surface area (Å²) < 4.78 is 7.10. The van der Waals surface area contributed by atoms with Gasteiger partial charge in [-0.15, -0.1) is 0 Å². The summed E-state index contributed by atoms with van der Waals surface area (Å²) in [7, 11) is 0. The molecule has 1 aromatic heterocycles. The molecule has 4 rings (SSSR count). The number of aryl methyl sites for hydroxylation is 1. The van der Waals surface area contributed by atoms with Crippen molar-refractivity contribution in [3.8, 4) is 22.6 Å². The predicted molar refractivity (Wildman–Crippen MR) is 102 cm³/mol. The van der Waals surface area contributed by atoms with Gasteiger partial charge in [0.1, 0.15) is 5.52 Å². The zero-order valence-corrected chi connectivity index (χ0v) is 15.1. The number of aromatic nitrogens is 1. The predicted octanol–water partition coefficient (Wildman–Crippen LogP) is 6.54. The molecular weight excluding hydrogens is 362 g/mol. The Labute approximate surface area is 149 Å². The van der Waals surface area contributed by atoms with Crippen LogP contribution in [0.15, 0.2) is 69.6 Å². The fraction of sp³-hybridized carbons (Fsp3) is 0.0952. The van der Waals surface area contributed by atoms with E-state index in [0.717, 1.165) is 26.7 Å². The summed E-state index contributed by atoms with van der Waals surface area (Å²) in [5, 5.41) is 0. The lowest BCUT2D eigenvalue weighted by atomic mass is 9.96. The summed E-state index contributed by atoms with van der Waals surface area (Å²) in [4.78, 5) is 4.70. The highest BCUT2D eigenvalue weighted by atomic mass is 79.9. The molecule has 0 bridgehead atoms. The zero-order valence-electron chi connectivity index (χ0n) is 13.5. The topological polar surface area (TPSA) is 26.0 Å². The Kier molecular flexibility index (Phi) is 3.73. The first-order valence-corrected chi connectivity index (χ1v) is 8.65. The SMILES string of the molecule is Cc1c(-c2ccccc2)cccc1-c1nc2cc(Br)cc(C)c2o1. The number of rotatable bonds is 2. The summed E-state index contributed by atoms with van der Waals surface area (Å²) in [6.07, 6.45) is 0. The van der Waals surface area contributed by atoms with Crippen LogP contribution in [0.2, 0.25) is 0 Å². The molecule has 0 unspecified atom stereocenters. The molecule has 24 heavy (non-hydrogen) atoms. The van der Waals surface area contributed by atoms with Gasteiger partial charge in [0.15, 0.2) is 5.58 Å². The molecule has 0 aliphatic carbocycles. The van der Waals surface area contributed by atoms with Gasteiger partial charge >= 0.3 is 0 Å². The smallest absolute Gasteiger partial charge is 0.227 e. The molecule has 2 nitrogen and oxygen atoms in total. The molecule has 0 aliphatic heterocycles. The molecule has 0 aliphatic rings. The van der Waals surface area contributed by atoms with Gasteiger partial charge in [0.25, 0.3) is 0 Å². The van der Waals surface area contributed by atoms with Crippen molar-refractivity contribution in [2.45, 2.75) is 13.8 Å². The summed E-state index contributed by atoms with van der Waals surface area (Å²) in [6.45, 7) is 4.16. The van der Waals surface area contributed by atoms with E-state index in [1.54, 1.807) is 0 Å². The van der Waals surface area contributed by atoms with Gasteiger partial charge in [-0.3, -0.25) is 0 Å². The van der Waals surface area contributed by atoms with E-state index in [2.05, 4.69) is 65.3 Å². The molecule has 0 fully saturated rings.